The quantitative estimate of drug-likeness (QED) is 0.708. The lowest BCUT2D eigenvalue weighted by molar-refractivity contribution is -0.116. The number of rotatable bonds is 6. The van der Waals surface area contributed by atoms with Gasteiger partial charge in [-0.15, -0.1) is 0 Å². The minimum Gasteiger partial charge on any atom is -0.324 e. The number of nitrogens with one attached hydrogen (secondary N) is 1. The summed E-state index contributed by atoms with van der Waals surface area (Å²) in [6, 6.07) is 14.8. The first kappa shape index (κ1) is 19.5. The third kappa shape index (κ3) is 4.34. The first-order chi connectivity index (χ1) is 13.5. The second-order valence-electron chi connectivity index (χ2n) is 6.42. The van der Waals surface area contributed by atoms with Crippen molar-refractivity contribution in [3.63, 3.8) is 0 Å². The van der Waals surface area contributed by atoms with Gasteiger partial charge in [-0.05, 0) is 36.6 Å². The highest BCUT2D eigenvalue weighted by molar-refractivity contribution is 5.91. The summed E-state index contributed by atoms with van der Waals surface area (Å²) in [6.45, 7) is 3.68. The van der Waals surface area contributed by atoms with Crippen molar-refractivity contribution >= 4 is 11.6 Å². The number of nitrogens with zero attached hydrogens (tertiary/aromatic N) is 2. The molecule has 2 aromatic carbocycles. The number of carbonyl (C=O) groups is 1. The van der Waals surface area contributed by atoms with Crippen LogP contribution in [0.5, 0.6) is 0 Å². The Bertz CT molecular complexity index is 1060. The SMILES string of the molecule is CCc1cc(=O)n(CC(=O)Nc2ccccc2CC)c(-c2cccc(F)c2)n1. The largest absolute Gasteiger partial charge is 0.324 e. The molecule has 0 bridgehead atoms. The van der Waals surface area contributed by atoms with E-state index in [9.17, 15) is 14.0 Å². The fraction of sp³-hybridized carbons (Fsp3) is 0.227. The van der Waals surface area contributed by atoms with Gasteiger partial charge in [0.15, 0.2) is 0 Å². The lowest BCUT2D eigenvalue weighted by Gasteiger charge is -2.14. The van der Waals surface area contributed by atoms with Crippen molar-refractivity contribution in [2.75, 3.05) is 5.32 Å². The maximum Gasteiger partial charge on any atom is 0.254 e. The van der Waals surface area contributed by atoms with Crippen LogP contribution in [0.2, 0.25) is 0 Å². The molecule has 0 unspecified atom stereocenters. The standard InChI is InChI=1S/C22H22FN3O2/c1-3-15-8-5-6-11-19(15)25-20(27)14-26-21(28)13-18(4-2)24-22(26)16-9-7-10-17(23)12-16/h5-13H,3-4,14H2,1-2H3,(H,25,27). The second-order valence-corrected chi connectivity index (χ2v) is 6.42. The molecule has 28 heavy (non-hydrogen) atoms. The monoisotopic (exact) mass is 379 g/mol. The molecule has 0 saturated heterocycles. The van der Waals surface area contributed by atoms with E-state index in [0.29, 0.717) is 23.4 Å². The van der Waals surface area contributed by atoms with Crippen LogP contribution < -0.4 is 10.9 Å². The third-order valence-corrected chi connectivity index (χ3v) is 4.48. The van der Waals surface area contributed by atoms with Crippen molar-refractivity contribution in [1.29, 1.82) is 0 Å². The zero-order chi connectivity index (χ0) is 20.1. The Hall–Kier alpha value is -3.28. The normalized spacial score (nSPS) is 10.7. The highest BCUT2D eigenvalue weighted by atomic mass is 19.1. The van der Waals surface area contributed by atoms with Gasteiger partial charge in [0.2, 0.25) is 5.91 Å². The van der Waals surface area contributed by atoms with Gasteiger partial charge in [-0.25, -0.2) is 9.37 Å². The summed E-state index contributed by atoms with van der Waals surface area (Å²) < 4.78 is 15.0. The van der Waals surface area contributed by atoms with Crippen LogP contribution in [-0.2, 0) is 24.2 Å². The maximum absolute atomic E-state index is 13.7. The van der Waals surface area contributed by atoms with Crippen LogP contribution in [0.15, 0.2) is 59.4 Å². The average molecular weight is 379 g/mol. The summed E-state index contributed by atoms with van der Waals surface area (Å²) in [5.74, 6) is -0.490. The van der Waals surface area contributed by atoms with Crippen molar-refractivity contribution in [1.82, 2.24) is 9.55 Å². The van der Waals surface area contributed by atoms with E-state index in [1.165, 1.54) is 22.8 Å². The summed E-state index contributed by atoms with van der Waals surface area (Å²) in [6.07, 6.45) is 1.34. The molecule has 0 aliphatic rings. The van der Waals surface area contributed by atoms with E-state index in [0.717, 1.165) is 12.0 Å². The van der Waals surface area contributed by atoms with E-state index in [2.05, 4.69) is 10.3 Å². The van der Waals surface area contributed by atoms with Gasteiger partial charge < -0.3 is 5.32 Å². The molecule has 6 heteroatoms. The minimum absolute atomic E-state index is 0.209. The molecule has 0 radical (unpaired) electrons. The van der Waals surface area contributed by atoms with E-state index in [1.54, 1.807) is 12.1 Å². The minimum atomic E-state index is -0.429. The molecule has 144 valence electrons. The molecule has 0 fully saturated rings. The van der Waals surface area contributed by atoms with Gasteiger partial charge >= 0.3 is 0 Å². The number of hydrogen-bond acceptors (Lipinski definition) is 3. The van der Waals surface area contributed by atoms with Crippen LogP contribution in [0.4, 0.5) is 10.1 Å². The molecule has 3 aromatic rings. The summed E-state index contributed by atoms with van der Waals surface area (Å²) in [5, 5.41) is 2.86. The molecule has 0 saturated carbocycles. The highest BCUT2D eigenvalue weighted by Crippen LogP contribution is 2.19. The van der Waals surface area contributed by atoms with E-state index in [1.807, 2.05) is 38.1 Å². The summed E-state index contributed by atoms with van der Waals surface area (Å²) in [5.41, 5.74) is 2.43. The topological polar surface area (TPSA) is 64.0 Å². The van der Waals surface area contributed by atoms with E-state index < -0.39 is 5.82 Å². The Morgan fingerprint density at radius 1 is 1.07 bits per heavy atom. The van der Waals surface area contributed by atoms with Gasteiger partial charge in [-0.2, -0.15) is 0 Å². The molecule has 5 nitrogen and oxygen atoms in total. The molecule has 3 rings (SSSR count). The van der Waals surface area contributed by atoms with E-state index >= 15 is 0 Å². The van der Waals surface area contributed by atoms with Gasteiger partial charge in [0.1, 0.15) is 18.2 Å². The molecule has 1 N–H and O–H groups in total. The molecule has 1 amide bonds. The number of para-hydroxylation sites is 1. The number of hydrogen-bond donors (Lipinski definition) is 1. The molecular formula is C22H22FN3O2. The second kappa shape index (κ2) is 8.61. The van der Waals surface area contributed by atoms with Gasteiger partial charge in [0, 0.05) is 23.0 Å². The van der Waals surface area contributed by atoms with Crippen LogP contribution in [-0.4, -0.2) is 15.5 Å². The zero-order valence-electron chi connectivity index (χ0n) is 15.9. The van der Waals surface area contributed by atoms with Gasteiger partial charge in [-0.3, -0.25) is 14.2 Å². The molecule has 0 aliphatic heterocycles. The predicted octanol–water partition coefficient (Wildman–Crippen LogP) is 3.81. The first-order valence-electron chi connectivity index (χ1n) is 9.26. The lowest BCUT2D eigenvalue weighted by atomic mass is 10.1. The van der Waals surface area contributed by atoms with Crippen molar-refractivity contribution in [2.45, 2.75) is 33.2 Å². The summed E-state index contributed by atoms with van der Waals surface area (Å²) in [4.78, 5) is 29.7. The van der Waals surface area contributed by atoms with Crippen LogP contribution in [0, 0.1) is 5.82 Å². The molecule has 0 aliphatic carbocycles. The first-order valence-corrected chi connectivity index (χ1v) is 9.26. The maximum atomic E-state index is 13.7. The third-order valence-electron chi connectivity index (χ3n) is 4.48. The van der Waals surface area contributed by atoms with Crippen LogP contribution >= 0.6 is 0 Å². The fourth-order valence-electron chi connectivity index (χ4n) is 3.02. The number of aromatic nitrogens is 2. The summed E-state index contributed by atoms with van der Waals surface area (Å²) >= 11 is 0. The van der Waals surface area contributed by atoms with E-state index in [4.69, 9.17) is 0 Å². The summed E-state index contributed by atoms with van der Waals surface area (Å²) in [7, 11) is 0. The number of anilines is 1. The highest BCUT2D eigenvalue weighted by Gasteiger charge is 2.15. The van der Waals surface area contributed by atoms with Gasteiger partial charge in [0.05, 0.1) is 0 Å². The Morgan fingerprint density at radius 3 is 2.57 bits per heavy atom. The predicted molar refractivity (Wildman–Crippen MR) is 108 cm³/mol. The van der Waals surface area contributed by atoms with Crippen LogP contribution in [0.25, 0.3) is 11.4 Å². The van der Waals surface area contributed by atoms with Crippen molar-refractivity contribution in [3.05, 3.63) is 82.0 Å². The number of aryl methyl sites for hydroxylation is 2. The molecule has 1 heterocycles. The number of benzene rings is 2. The van der Waals surface area contributed by atoms with Crippen LogP contribution in [0.1, 0.15) is 25.1 Å². The van der Waals surface area contributed by atoms with Crippen LogP contribution in [0.3, 0.4) is 0 Å². The molecule has 1 aromatic heterocycles. The number of halogens is 1. The van der Waals surface area contributed by atoms with Crippen molar-refractivity contribution in [2.24, 2.45) is 0 Å². The molecule has 0 atom stereocenters. The fourth-order valence-corrected chi connectivity index (χ4v) is 3.02. The zero-order valence-corrected chi connectivity index (χ0v) is 15.9. The Labute approximate surface area is 162 Å². The average Bonchev–Trinajstić information content (AvgIpc) is 2.69. The molecular weight excluding hydrogens is 357 g/mol. The Kier molecular flexibility index (Phi) is 5.99. The Morgan fingerprint density at radius 2 is 1.86 bits per heavy atom. The smallest absolute Gasteiger partial charge is 0.254 e. The van der Waals surface area contributed by atoms with Crippen molar-refractivity contribution < 1.29 is 9.18 Å². The van der Waals surface area contributed by atoms with E-state index in [-0.39, 0.29) is 23.8 Å². The van der Waals surface area contributed by atoms with Gasteiger partial charge in [0.25, 0.3) is 5.56 Å². The van der Waals surface area contributed by atoms with Gasteiger partial charge in [-0.1, -0.05) is 44.2 Å². The number of amides is 1. The van der Waals surface area contributed by atoms with Crippen molar-refractivity contribution in [3.8, 4) is 11.4 Å². The Balaban J connectivity index is 1.97. The molecule has 0 spiro atoms. The number of carbonyl (C=O) groups excluding carboxylic acids is 1. The lowest BCUT2D eigenvalue weighted by Crippen LogP contribution is -2.30.